The second kappa shape index (κ2) is 10.9. The Kier molecular flexibility index (Phi) is 7.53. The van der Waals surface area contributed by atoms with Crippen LogP contribution in [0.15, 0.2) is 84.9 Å². The highest BCUT2D eigenvalue weighted by molar-refractivity contribution is 6.21. The molecular formula is C29H30N2O3. The number of rotatable bonds is 10. The summed E-state index contributed by atoms with van der Waals surface area (Å²) in [4.78, 5) is 41.9. The molecule has 0 unspecified atom stereocenters. The molecule has 5 heteroatoms. The molecule has 174 valence electrons. The molecule has 1 heterocycles. The molecule has 5 nitrogen and oxygen atoms in total. The standard InChI is InChI=1S/C29H30N2O3/c1-2-23(15-11-12-20-30-28(33)25-18-9-10-19-26(25)29(30)34)27(32)31(24-16-7-4-8-17-24)21-22-13-5-3-6-14-22/h3-10,13-14,16-19,23H,2,11-12,15,20-21H2,1H3/t23-/m1/s1. The van der Waals surface area contributed by atoms with Gasteiger partial charge in [-0.15, -0.1) is 0 Å². The lowest BCUT2D eigenvalue weighted by atomic mass is 9.96. The van der Waals surface area contributed by atoms with Gasteiger partial charge >= 0.3 is 0 Å². The number of fused-ring (bicyclic) bond motifs is 1. The van der Waals surface area contributed by atoms with E-state index in [1.54, 1.807) is 24.3 Å². The smallest absolute Gasteiger partial charge is 0.261 e. The van der Waals surface area contributed by atoms with Crippen molar-refractivity contribution in [3.8, 4) is 0 Å². The number of hydrogen-bond donors (Lipinski definition) is 0. The Labute approximate surface area is 201 Å². The van der Waals surface area contributed by atoms with Crippen LogP contribution in [0.2, 0.25) is 0 Å². The fourth-order valence-electron chi connectivity index (χ4n) is 4.50. The molecule has 0 radical (unpaired) electrons. The van der Waals surface area contributed by atoms with Crippen LogP contribution in [0.5, 0.6) is 0 Å². The number of imide groups is 1. The van der Waals surface area contributed by atoms with Gasteiger partial charge in [-0.05, 0) is 49.1 Å². The van der Waals surface area contributed by atoms with Crippen molar-refractivity contribution in [1.82, 2.24) is 4.90 Å². The highest BCUT2D eigenvalue weighted by Crippen LogP contribution is 2.25. The molecule has 0 aliphatic carbocycles. The molecule has 1 aliphatic rings. The SMILES string of the molecule is CC[C@H](CCCCN1C(=O)c2ccccc2C1=O)C(=O)N(Cc1ccccc1)c1ccccc1. The van der Waals surface area contributed by atoms with Gasteiger partial charge in [-0.2, -0.15) is 0 Å². The second-order valence-corrected chi connectivity index (χ2v) is 8.65. The highest BCUT2D eigenvalue weighted by Gasteiger charge is 2.34. The average molecular weight is 455 g/mol. The quantitative estimate of drug-likeness (QED) is 0.291. The molecule has 3 amide bonds. The van der Waals surface area contributed by atoms with E-state index in [1.807, 2.05) is 72.5 Å². The van der Waals surface area contributed by atoms with E-state index in [0.29, 0.717) is 30.6 Å². The normalized spacial score (nSPS) is 13.6. The number of nitrogens with zero attached hydrogens (tertiary/aromatic N) is 2. The minimum atomic E-state index is -0.221. The first-order valence-corrected chi connectivity index (χ1v) is 12.0. The lowest BCUT2D eigenvalue weighted by Crippen LogP contribution is -2.36. The molecule has 3 aromatic rings. The first kappa shape index (κ1) is 23.4. The molecule has 34 heavy (non-hydrogen) atoms. The van der Waals surface area contributed by atoms with Crippen LogP contribution >= 0.6 is 0 Å². The molecule has 1 atom stereocenters. The van der Waals surface area contributed by atoms with Crippen molar-refractivity contribution in [3.05, 3.63) is 102 Å². The van der Waals surface area contributed by atoms with Gasteiger partial charge in [0.05, 0.1) is 17.7 Å². The number of benzene rings is 3. The van der Waals surface area contributed by atoms with E-state index in [0.717, 1.165) is 30.5 Å². The number of carbonyl (C=O) groups is 3. The summed E-state index contributed by atoms with van der Waals surface area (Å²) in [5, 5.41) is 0. The van der Waals surface area contributed by atoms with Crippen molar-refractivity contribution in [3.63, 3.8) is 0 Å². The average Bonchev–Trinajstić information content (AvgIpc) is 3.13. The zero-order chi connectivity index (χ0) is 23.9. The van der Waals surface area contributed by atoms with Gasteiger partial charge in [-0.1, -0.05) is 74.0 Å². The van der Waals surface area contributed by atoms with Crippen molar-refractivity contribution < 1.29 is 14.4 Å². The van der Waals surface area contributed by atoms with Gasteiger partial charge in [0, 0.05) is 18.2 Å². The molecule has 0 saturated heterocycles. The summed E-state index contributed by atoms with van der Waals surface area (Å²) in [5.74, 6) is -0.451. The van der Waals surface area contributed by atoms with Gasteiger partial charge in [0.1, 0.15) is 0 Å². The summed E-state index contributed by atoms with van der Waals surface area (Å²) in [6.07, 6.45) is 2.91. The van der Waals surface area contributed by atoms with Gasteiger partial charge in [-0.3, -0.25) is 19.3 Å². The predicted molar refractivity (Wildman–Crippen MR) is 134 cm³/mol. The van der Waals surface area contributed by atoms with Crippen LogP contribution in [0.25, 0.3) is 0 Å². The first-order valence-electron chi connectivity index (χ1n) is 12.0. The van der Waals surface area contributed by atoms with Crippen molar-refractivity contribution in [2.75, 3.05) is 11.4 Å². The van der Waals surface area contributed by atoms with Crippen LogP contribution in [0.3, 0.4) is 0 Å². The van der Waals surface area contributed by atoms with Crippen LogP contribution in [-0.4, -0.2) is 29.2 Å². The van der Waals surface area contributed by atoms with Gasteiger partial charge in [-0.25, -0.2) is 0 Å². The molecule has 1 aliphatic heterocycles. The fourth-order valence-corrected chi connectivity index (χ4v) is 4.50. The number of hydrogen-bond acceptors (Lipinski definition) is 3. The van der Waals surface area contributed by atoms with Crippen LogP contribution < -0.4 is 4.90 Å². The molecule has 4 rings (SSSR count). The molecule has 0 spiro atoms. The monoisotopic (exact) mass is 454 g/mol. The first-order chi connectivity index (χ1) is 16.6. The zero-order valence-corrected chi connectivity index (χ0v) is 19.5. The maximum absolute atomic E-state index is 13.6. The number of anilines is 1. The van der Waals surface area contributed by atoms with Crippen LogP contribution in [0.1, 0.15) is 58.9 Å². The van der Waals surface area contributed by atoms with Crippen molar-refractivity contribution in [2.45, 2.75) is 39.2 Å². The maximum atomic E-state index is 13.6. The van der Waals surface area contributed by atoms with Crippen LogP contribution in [-0.2, 0) is 11.3 Å². The number of unbranched alkanes of at least 4 members (excludes halogenated alkanes) is 1. The Bertz CT molecular complexity index is 1110. The predicted octanol–water partition coefficient (Wildman–Crippen LogP) is 5.71. The summed E-state index contributed by atoms with van der Waals surface area (Å²) >= 11 is 0. The summed E-state index contributed by atoms with van der Waals surface area (Å²) in [6.45, 7) is 2.94. The largest absolute Gasteiger partial charge is 0.308 e. The number of para-hydroxylation sites is 1. The Morgan fingerprint density at radius 1 is 0.794 bits per heavy atom. The minimum Gasteiger partial charge on any atom is -0.308 e. The molecule has 0 N–H and O–H groups in total. The molecule has 3 aromatic carbocycles. The molecule has 0 saturated carbocycles. The van der Waals surface area contributed by atoms with Gasteiger partial charge in [0.2, 0.25) is 5.91 Å². The Hall–Kier alpha value is -3.73. The van der Waals surface area contributed by atoms with Crippen LogP contribution in [0.4, 0.5) is 5.69 Å². The highest BCUT2D eigenvalue weighted by atomic mass is 16.2. The lowest BCUT2D eigenvalue weighted by Gasteiger charge is -2.27. The Morgan fingerprint density at radius 2 is 1.35 bits per heavy atom. The van der Waals surface area contributed by atoms with Crippen molar-refractivity contribution >= 4 is 23.4 Å². The maximum Gasteiger partial charge on any atom is 0.261 e. The summed E-state index contributed by atoms with van der Waals surface area (Å²) in [6, 6.07) is 26.7. The van der Waals surface area contributed by atoms with Gasteiger partial charge in [0.25, 0.3) is 11.8 Å². The van der Waals surface area contributed by atoms with E-state index < -0.39 is 0 Å². The third-order valence-corrected chi connectivity index (χ3v) is 6.42. The van der Waals surface area contributed by atoms with E-state index in [2.05, 4.69) is 0 Å². The molecule has 0 bridgehead atoms. The van der Waals surface area contributed by atoms with Gasteiger partial charge in [0.15, 0.2) is 0 Å². The van der Waals surface area contributed by atoms with E-state index in [1.165, 1.54) is 4.90 Å². The van der Waals surface area contributed by atoms with E-state index >= 15 is 0 Å². The minimum absolute atomic E-state index is 0.110. The van der Waals surface area contributed by atoms with E-state index in [4.69, 9.17) is 0 Å². The number of carbonyl (C=O) groups excluding carboxylic acids is 3. The van der Waals surface area contributed by atoms with Crippen LogP contribution in [0, 0.1) is 5.92 Å². The summed E-state index contributed by atoms with van der Waals surface area (Å²) < 4.78 is 0. The Morgan fingerprint density at radius 3 is 1.94 bits per heavy atom. The zero-order valence-electron chi connectivity index (χ0n) is 19.5. The third kappa shape index (κ3) is 5.09. The topological polar surface area (TPSA) is 57.7 Å². The second-order valence-electron chi connectivity index (χ2n) is 8.65. The van der Waals surface area contributed by atoms with Crippen molar-refractivity contribution in [2.24, 2.45) is 5.92 Å². The van der Waals surface area contributed by atoms with E-state index in [-0.39, 0.29) is 23.6 Å². The summed E-state index contributed by atoms with van der Waals surface area (Å²) in [7, 11) is 0. The summed E-state index contributed by atoms with van der Waals surface area (Å²) in [5.41, 5.74) is 2.93. The van der Waals surface area contributed by atoms with E-state index in [9.17, 15) is 14.4 Å². The fraction of sp³-hybridized carbons (Fsp3) is 0.276. The molecule has 0 aromatic heterocycles. The molecular weight excluding hydrogens is 424 g/mol. The van der Waals surface area contributed by atoms with Crippen molar-refractivity contribution in [1.29, 1.82) is 0 Å². The molecule has 0 fully saturated rings. The van der Waals surface area contributed by atoms with Gasteiger partial charge < -0.3 is 4.90 Å². The number of amides is 3. The Balaban J connectivity index is 1.37. The lowest BCUT2D eigenvalue weighted by molar-refractivity contribution is -0.122. The third-order valence-electron chi connectivity index (χ3n) is 6.42.